The molecule has 142 valence electrons. The maximum Gasteiger partial charge on any atom is 0.335 e. The SMILES string of the molecule is CC(=O)N[C@@H]1C[C@H](CCc2ccccc2)O[C@H](c2ccc(C(=O)O)cc2)C1. The zero-order valence-corrected chi connectivity index (χ0v) is 15.4. The molecule has 3 atom stereocenters. The minimum Gasteiger partial charge on any atom is -0.478 e. The van der Waals surface area contributed by atoms with Crippen molar-refractivity contribution < 1.29 is 19.4 Å². The summed E-state index contributed by atoms with van der Waals surface area (Å²) in [5, 5.41) is 12.1. The monoisotopic (exact) mass is 367 g/mol. The minimum absolute atomic E-state index is 0.0383. The van der Waals surface area contributed by atoms with Gasteiger partial charge in [0.25, 0.3) is 0 Å². The van der Waals surface area contributed by atoms with E-state index >= 15 is 0 Å². The van der Waals surface area contributed by atoms with E-state index in [2.05, 4.69) is 17.4 Å². The lowest BCUT2D eigenvalue weighted by Gasteiger charge is -2.36. The highest BCUT2D eigenvalue weighted by molar-refractivity contribution is 5.87. The summed E-state index contributed by atoms with van der Waals surface area (Å²) < 4.78 is 6.31. The maximum absolute atomic E-state index is 11.5. The van der Waals surface area contributed by atoms with Crippen molar-refractivity contribution in [2.75, 3.05) is 0 Å². The number of rotatable bonds is 6. The van der Waals surface area contributed by atoms with Gasteiger partial charge in [0.1, 0.15) is 0 Å². The van der Waals surface area contributed by atoms with Gasteiger partial charge in [0.2, 0.25) is 5.91 Å². The molecule has 0 unspecified atom stereocenters. The first-order chi connectivity index (χ1) is 13.0. The zero-order chi connectivity index (χ0) is 19.2. The molecule has 27 heavy (non-hydrogen) atoms. The summed E-state index contributed by atoms with van der Waals surface area (Å²) in [5.41, 5.74) is 2.47. The normalized spacial score (nSPS) is 22.2. The summed E-state index contributed by atoms with van der Waals surface area (Å²) in [6.07, 6.45) is 3.16. The van der Waals surface area contributed by atoms with Gasteiger partial charge in [0, 0.05) is 13.0 Å². The third-order valence-electron chi connectivity index (χ3n) is 4.94. The summed E-state index contributed by atoms with van der Waals surface area (Å²) >= 11 is 0. The van der Waals surface area contributed by atoms with Gasteiger partial charge in [-0.1, -0.05) is 42.5 Å². The molecule has 2 N–H and O–H groups in total. The lowest BCUT2D eigenvalue weighted by atomic mass is 9.91. The quantitative estimate of drug-likeness (QED) is 0.815. The number of amides is 1. The molecule has 0 aliphatic carbocycles. The number of benzene rings is 2. The number of hydrogen-bond donors (Lipinski definition) is 2. The number of carboxylic acid groups (broad SMARTS) is 1. The smallest absolute Gasteiger partial charge is 0.335 e. The fraction of sp³-hybridized carbons (Fsp3) is 0.364. The summed E-state index contributed by atoms with van der Waals surface area (Å²) in [5.74, 6) is -0.980. The highest BCUT2D eigenvalue weighted by atomic mass is 16.5. The van der Waals surface area contributed by atoms with Crippen LogP contribution in [0.2, 0.25) is 0 Å². The van der Waals surface area contributed by atoms with E-state index < -0.39 is 5.97 Å². The van der Waals surface area contributed by atoms with Crippen molar-refractivity contribution in [2.24, 2.45) is 0 Å². The van der Waals surface area contributed by atoms with Gasteiger partial charge in [0.15, 0.2) is 0 Å². The molecular formula is C22H25NO4. The van der Waals surface area contributed by atoms with Gasteiger partial charge >= 0.3 is 5.97 Å². The van der Waals surface area contributed by atoms with Crippen molar-refractivity contribution in [2.45, 2.75) is 50.9 Å². The average molecular weight is 367 g/mol. The topological polar surface area (TPSA) is 75.6 Å². The summed E-state index contributed by atoms with van der Waals surface area (Å²) in [4.78, 5) is 22.6. The third-order valence-corrected chi connectivity index (χ3v) is 4.94. The number of aryl methyl sites for hydroxylation is 1. The van der Waals surface area contributed by atoms with E-state index in [0.717, 1.165) is 24.8 Å². The first-order valence-electron chi connectivity index (χ1n) is 9.31. The van der Waals surface area contributed by atoms with E-state index in [0.29, 0.717) is 6.42 Å². The number of carbonyl (C=O) groups excluding carboxylic acids is 1. The van der Waals surface area contributed by atoms with Gasteiger partial charge in [-0.2, -0.15) is 0 Å². The Labute approximate surface area is 159 Å². The van der Waals surface area contributed by atoms with Crippen molar-refractivity contribution in [3.05, 3.63) is 71.3 Å². The zero-order valence-electron chi connectivity index (χ0n) is 15.4. The van der Waals surface area contributed by atoms with Crippen LogP contribution in [0.15, 0.2) is 54.6 Å². The van der Waals surface area contributed by atoms with E-state index in [4.69, 9.17) is 9.84 Å². The number of carbonyl (C=O) groups is 2. The Morgan fingerprint density at radius 1 is 1.07 bits per heavy atom. The Bertz CT molecular complexity index is 773. The molecule has 1 aliphatic rings. The molecule has 0 radical (unpaired) electrons. The van der Waals surface area contributed by atoms with E-state index in [9.17, 15) is 9.59 Å². The predicted molar refractivity (Wildman–Crippen MR) is 103 cm³/mol. The standard InChI is InChI=1S/C22H25NO4/c1-15(24)23-19-13-20(12-7-16-5-3-2-4-6-16)27-21(14-19)17-8-10-18(11-9-17)22(25)26/h2-6,8-11,19-21H,7,12-14H2,1H3,(H,23,24)(H,25,26)/t19-,20+,21+/m1/s1. The summed E-state index contributed by atoms with van der Waals surface area (Å²) in [6, 6.07) is 17.1. The number of nitrogens with one attached hydrogen (secondary N) is 1. The molecule has 1 amide bonds. The summed E-state index contributed by atoms with van der Waals surface area (Å²) in [6.45, 7) is 1.53. The van der Waals surface area contributed by atoms with Crippen LogP contribution in [0.4, 0.5) is 0 Å². The largest absolute Gasteiger partial charge is 0.478 e. The van der Waals surface area contributed by atoms with E-state index in [-0.39, 0.29) is 29.7 Å². The van der Waals surface area contributed by atoms with E-state index in [1.807, 2.05) is 18.2 Å². The highest BCUT2D eigenvalue weighted by Gasteiger charge is 2.30. The average Bonchev–Trinajstić information content (AvgIpc) is 2.66. The van der Waals surface area contributed by atoms with E-state index in [1.165, 1.54) is 12.5 Å². The highest BCUT2D eigenvalue weighted by Crippen LogP contribution is 2.33. The molecule has 5 nitrogen and oxygen atoms in total. The predicted octanol–water partition coefficient (Wildman–Crippen LogP) is 3.74. The first kappa shape index (κ1) is 19.1. The van der Waals surface area contributed by atoms with Crippen molar-refractivity contribution in [3.8, 4) is 0 Å². The third kappa shape index (κ3) is 5.41. The van der Waals surface area contributed by atoms with Gasteiger partial charge in [-0.25, -0.2) is 4.79 Å². The minimum atomic E-state index is -0.942. The fourth-order valence-corrected chi connectivity index (χ4v) is 3.63. The Hall–Kier alpha value is -2.66. The molecule has 1 fully saturated rings. The van der Waals surface area contributed by atoms with Gasteiger partial charge in [-0.3, -0.25) is 4.79 Å². The van der Waals surface area contributed by atoms with Crippen molar-refractivity contribution >= 4 is 11.9 Å². The Balaban J connectivity index is 1.70. The molecule has 2 aromatic rings. The van der Waals surface area contributed by atoms with Gasteiger partial charge in [-0.05, 0) is 48.9 Å². The van der Waals surface area contributed by atoms with Crippen LogP contribution < -0.4 is 5.32 Å². The molecule has 2 aromatic carbocycles. The molecule has 1 heterocycles. The molecule has 0 spiro atoms. The number of hydrogen-bond acceptors (Lipinski definition) is 3. The second kappa shape index (κ2) is 8.82. The lowest BCUT2D eigenvalue weighted by molar-refractivity contribution is -0.122. The summed E-state index contributed by atoms with van der Waals surface area (Å²) in [7, 11) is 0. The molecule has 1 saturated heterocycles. The maximum atomic E-state index is 11.5. The van der Waals surface area contributed by atoms with Crippen molar-refractivity contribution in [3.63, 3.8) is 0 Å². The van der Waals surface area contributed by atoms with Crippen LogP contribution >= 0.6 is 0 Å². The van der Waals surface area contributed by atoms with Crippen LogP contribution in [0, 0.1) is 0 Å². The van der Waals surface area contributed by atoms with Crippen LogP contribution in [0.25, 0.3) is 0 Å². The number of aromatic carboxylic acids is 1. The molecule has 0 bridgehead atoms. The van der Waals surface area contributed by atoms with Crippen LogP contribution in [0.1, 0.15) is 53.8 Å². The number of ether oxygens (including phenoxy) is 1. The Morgan fingerprint density at radius 2 is 1.78 bits per heavy atom. The molecular weight excluding hydrogens is 342 g/mol. The van der Waals surface area contributed by atoms with Crippen LogP contribution in [-0.2, 0) is 16.0 Å². The van der Waals surface area contributed by atoms with Crippen molar-refractivity contribution in [1.29, 1.82) is 0 Å². The Morgan fingerprint density at radius 3 is 2.41 bits per heavy atom. The molecule has 5 heteroatoms. The Kier molecular flexibility index (Phi) is 6.24. The second-order valence-electron chi connectivity index (χ2n) is 7.07. The number of carboxylic acids is 1. The molecule has 1 aliphatic heterocycles. The molecule has 0 aromatic heterocycles. The van der Waals surface area contributed by atoms with Crippen LogP contribution in [-0.4, -0.2) is 29.1 Å². The van der Waals surface area contributed by atoms with Gasteiger partial charge < -0.3 is 15.2 Å². The second-order valence-corrected chi connectivity index (χ2v) is 7.07. The van der Waals surface area contributed by atoms with Crippen molar-refractivity contribution in [1.82, 2.24) is 5.32 Å². The molecule has 3 rings (SSSR count). The van der Waals surface area contributed by atoms with E-state index in [1.54, 1.807) is 24.3 Å². The van der Waals surface area contributed by atoms with Crippen LogP contribution in [0.5, 0.6) is 0 Å². The molecule has 0 saturated carbocycles. The van der Waals surface area contributed by atoms with Crippen LogP contribution in [0.3, 0.4) is 0 Å². The fourth-order valence-electron chi connectivity index (χ4n) is 3.63. The van der Waals surface area contributed by atoms with Gasteiger partial charge in [-0.15, -0.1) is 0 Å². The lowest BCUT2D eigenvalue weighted by Crippen LogP contribution is -2.42. The first-order valence-corrected chi connectivity index (χ1v) is 9.31. The van der Waals surface area contributed by atoms with Gasteiger partial charge in [0.05, 0.1) is 17.8 Å².